The SMILES string of the molecule is CN=CC(CCC(C)O)C(=O)O. The molecular formula is C8H15NO3. The number of carboxylic acids is 1. The molecule has 0 heterocycles. The molecule has 0 amide bonds. The largest absolute Gasteiger partial charge is 0.481 e. The van der Waals surface area contributed by atoms with Gasteiger partial charge in [0.05, 0.1) is 12.0 Å². The van der Waals surface area contributed by atoms with Gasteiger partial charge in [0.25, 0.3) is 0 Å². The molecule has 0 aliphatic heterocycles. The number of carboxylic acid groups (broad SMARTS) is 1. The molecule has 12 heavy (non-hydrogen) atoms. The van der Waals surface area contributed by atoms with E-state index in [-0.39, 0.29) is 0 Å². The van der Waals surface area contributed by atoms with Crippen LogP contribution < -0.4 is 0 Å². The van der Waals surface area contributed by atoms with Crippen LogP contribution in [0, 0.1) is 5.92 Å². The summed E-state index contributed by atoms with van der Waals surface area (Å²) in [5.74, 6) is -1.45. The predicted octanol–water partition coefficient (Wildman–Crippen LogP) is 0.549. The van der Waals surface area contributed by atoms with Crippen molar-refractivity contribution >= 4 is 12.2 Å². The van der Waals surface area contributed by atoms with Crippen molar-refractivity contribution < 1.29 is 15.0 Å². The van der Waals surface area contributed by atoms with Gasteiger partial charge in [0.15, 0.2) is 0 Å². The first-order chi connectivity index (χ1) is 5.57. The summed E-state index contributed by atoms with van der Waals surface area (Å²) in [7, 11) is 1.54. The molecule has 2 N–H and O–H groups in total. The van der Waals surface area contributed by atoms with Crippen LogP contribution in [0.2, 0.25) is 0 Å². The number of nitrogens with zero attached hydrogens (tertiary/aromatic N) is 1. The molecule has 0 aliphatic carbocycles. The second-order valence-corrected chi connectivity index (χ2v) is 2.78. The lowest BCUT2D eigenvalue weighted by Crippen LogP contribution is -2.17. The Morgan fingerprint density at radius 3 is 2.50 bits per heavy atom. The van der Waals surface area contributed by atoms with Crippen LogP contribution >= 0.6 is 0 Å². The average Bonchev–Trinajstić information content (AvgIpc) is 1.96. The van der Waals surface area contributed by atoms with Crippen LogP contribution in [0.1, 0.15) is 19.8 Å². The molecule has 0 fully saturated rings. The number of hydrogen-bond acceptors (Lipinski definition) is 3. The standard InChI is InChI=1S/C8H15NO3/c1-6(10)3-4-7(5-9-2)8(11)12/h5-7,10H,3-4H2,1-2H3,(H,11,12). The number of hydrogen-bond donors (Lipinski definition) is 2. The van der Waals surface area contributed by atoms with Gasteiger partial charge in [-0.05, 0) is 19.8 Å². The van der Waals surface area contributed by atoms with Crippen LogP contribution in [0.4, 0.5) is 0 Å². The van der Waals surface area contributed by atoms with Crippen molar-refractivity contribution in [3.8, 4) is 0 Å². The first kappa shape index (κ1) is 11.1. The summed E-state index contributed by atoms with van der Waals surface area (Å²) in [5, 5.41) is 17.6. The van der Waals surface area contributed by atoms with Gasteiger partial charge in [-0.3, -0.25) is 9.79 Å². The van der Waals surface area contributed by atoms with Gasteiger partial charge in [0, 0.05) is 13.3 Å². The Labute approximate surface area is 71.9 Å². The van der Waals surface area contributed by atoms with Crippen molar-refractivity contribution in [3.05, 3.63) is 0 Å². The Morgan fingerprint density at radius 1 is 1.58 bits per heavy atom. The fourth-order valence-corrected chi connectivity index (χ4v) is 0.862. The highest BCUT2D eigenvalue weighted by atomic mass is 16.4. The normalized spacial score (nSPS) is 16.2. The van der Waals surface area contributed by atoms with Gasteiger partial charge in [-0.2, -0.15) is 0 Å². The lowest BCUT2D eigenvalue weighted by atomic mass is 10.0. The maximum Gasteiger partial charge on any atom is 0.311 e. The third-order valence-corrected chi connectivity index (χ3v) is 1.54. The molecule has 2 unspecified atom stereocenters. The van der Waals surface area contributed by atoms with Gasteiger partial charge in [-0.1, -0.05) is 0 Å². The van der Waals surface area contributed by atoms with Crippen LogP contribution in [-0.2, 0) is 4.79 Å². The molecule has 0 aromatic heterocycles. The highest BCUT2D eigenvalue weighted by Gasteiger charge is 2.14. The molecule has 4 nitrogen and oxygen atoms in total. The summed E-state index contributed by atoms with van der Waals surface area (Å²) in [6, 6.07) is 0. The first-order valence-electron chi connectivity index (χ1n) is 3.91. The maximum absolute atomic E-state index is 10.5. The Kier molecular flexibility index (Phi) is 5.28. The van der Waals surface area contributed by atoms with Crippen LogP contribution in [0.15, 0.2) is 4.99 Å². The molecule has 0 bridgehead atoms. The first-order valence-corrected chi connectivity index (χ1v) is 3.91. The maximum atomic E-state index is 10.5. The predicted molar refractivity (Wildman–Crippen MR) is 46.5 cm³/mol. The zero-order valence-electron chi connectivity index (χ0n) is 7.40. The summed E-state index contributed by atoms with van der Waals surface area (Å²) in [5.41, 5.74) is 0. The van der Waals surface area contributed by atoms with E-state index in [2.05, 4.69) is 4.99 Å². The van der Waals surface area contributed by atoms with E-state index >= 15 is 0 Å². The molecule has 0 aromatic carbocycles. The zero-order valence-corrected chi connectivity index (χ0v) is 7.40. The smallest absolute Gasteiger partial charge is 0.311 e. The molecule has 0 spiro atoms. The Morgan fingerprint density at radius 2 is 2.17 bits per heavy atom. The monoisotopic (exact) mass is 173 g/mol. The van der Waals surface area contributed by atoms with E-state index in [1.54, 1.807) is 6.92 Å². The highest BCUT2D eigenvalue weighted by molar-refractivity contribution is 5.88. The third-order valence-electron chi connectivity index (χ3n) is 1.54. The van der Waals surface area contributed by atoms with E-state index in [4.69, 9.17) is 10.2 Å². The number of aliphatic hydroxyl groups excluding tert-OH is 1. The zero-order chi connectivity index (χ0) is 9.56. The summed E-state index contributed by atoms with van der Waals surface area (Å²) >= 11 is 0. The molecule has 0 saturated carbocycles. The van der Waals surface area contributed by atoms with Crippen molar-refractivity contribution in [2.45, 2.75) is 25.9 Å². The summed E-state index contributed by atoms with van der Waals surface area (Å²) in [4.78, 5) is 14.2. The minimum atomic E-state index is -0.888. The van der Waals surface area contributed by atoms with E-state index < -0.39 is 18.0 Å². The fourth-order valence-electron chi connectivity index (χ4n) is 0.862. The Bertz CT molecular complexity index is 166. The van der Waals surface area contributed by atoms with Crippen LogP contribution in [0.5, 0.6) is 0 Å². The van der Waals surface area contributed by atoms with Crippen molar-refractivity contribution in [1.29, 1.82) is 0 Å². The molecule has 0 aliphatic rings. The minimum Gasteiger partial charge on any atom is -0.481 e. The number of aliphatic hydroxyl groups is 1. The number of aliphatic imine (C=N–C) groups is 1. The second kappa shape index (κ2) is 5.71. The van der Waals surface area contributed by atoms with Crippen LogP contribution in [0.3, 0.4) is 0 Å². The molecule has 0 rings (SSSR count). The third kappa shape index (κ3) is 4.85. The quantitative estimate of drug-likeness (QED) is 0.596. The van der Waals surface area contributed by atoms with Crippen molar-refractivity contribution in [2.24, 2.45) is 10.9 Å². The van der Waals surface area contributed by atoms with Gasteiger partial charge in [0.2, 0.25) is 0 Å². The van der Waals surface area contributed by atoms with E-state index in [1.807, 2.05) is 0 Å². The van der Waals surface area contributed by atoms with E-state index in [9.17, 15) is 4.79 Å². The summed E-state index contributed by atoms with van der Waals surface area (Å²) < 4.78 is 0. The molecule has 0 radical (unpaired) electrons. The summed E-state index contributed by atoms with van der Waals surface area (Å²) in [6.07, 6.45) is 1.87. The average molecular weight is 173 g/mol. The van der Waals surface area contributed by atoms with Gasteiger partial charge >= 0.3 is 5.97 Å². The topological polar surface area (TPSA) is 69.9 Å². The second-order valence-electron chi connectivity index (χ2n) is 2.78. The number of aliphatic carboxylic acids is 1. The number of rotatable bonds is 5. The number of carbonyl (C=O) groups is 1. The Hall–Kier alpha value is -0.900. The Balaban J connectivity index is 3.88. The lowest BCUT2D eigenvalue weighted by molar-refractivity contribution is -0.139. The highest BCUT2D eigenvalue weighted by Crippen LogP contribution is 2.06. The van der Waals surface area contributed by atoms with E-state index in [0.29, 0.717) is 12.8 Å². The molecular weight excluding hydrogens is 158 g/mol. The van der Waals surface area contributed by atoms with Gasteiger partial charge in [-0.25, -0.2) is 0 Å². The van der Waals surface area contributed by atoms with Crippen molar-refractivity contribution in [1.82, 2.24) is 0 Å². The van der Waals surface area contributed by atoms with E-state index in [1.165, 1.54) is 13.3 Å². The van der Waals surface area contributed by atoms with Crippen molar-refractivity contribution in [2.75, 3.05) is 7.05 Å². The van der Waals surface area contributed by atoms with Gasteiger partial charge in [-0.15, -0.1) is 0 Å². The molecule has 0 saturated heterocycles. The van der Waals surface area contributed by atoms with Crippen LogP contribution in [0.25, 0.3) is 0 Å². The lowest BCUT2D eigenvalue weighted by Gasteiger charge is -2.07. The van der Waals surface area contributed by atoms with Gasteiger partial charge in [0.1, 0.15) is 0 Å². The molecule has 4 heteroatoms. The summed E-state index contributed by atoms with van der Waals surface area (Å²) in [6.45, 7) is 1.64. The minimum absolute atomic E-state index is 0.435. The van der Waals surface area contributed by atoms with E-state index in [0.717, 1.165) is 0 Å². The van der Waals surface area contributed by atoms with Crippen LogP contribution in [-0.4, -0.2) is 35.5 Å². The van der Waals surface area contributed by atoms with Crippen molar-refractivity contribution in [3.63, 3.8) is 0 Å². The fraction of sp³-hybridized carbons (Fsp3) is 0.750. The molecule has 0 aromatic rings. The molecule has 2 atom stereocenters. The molecule has 70 valence electrons. The van der Waals surface area contributed by atoms with Gasteiger partial charge < -0.3 is 10.2 Å².